The van der Waals surface area contributed by atoms with E-state index in [1.54, 1.807) is 11.3 Å². The van der Waals surface area contributed by atoms with Crippen LogP contribution in [-0.2, 0) is 11.2 Å². The molecule has 72 valence electrons. The van der Waals surface area contributed by atoms with Crippen LogP contribution in [0, 0.1) is 0 Å². The number of nitrogens with one attached hydrogen (secondary N) is 1. The molecule has 0 aromatic carbocycles. The summed E-state index contributed by atoms with van der Waals surface area (Å²) in [6.45, 7) is 2.59. The van der Waals surface area contributed by atoms with Gasteiger partial charge in [0.15, 0.2) is 0 Å². The quantitative estimate of drug-likeness (QED) is 0.887. The Morgan fingerprint density at radius 1 is 1.69 bits per heavy atom. The highest BCUT2D eigenvalue weighted by atomic mass is 79.9. The van der Waals surface area contributed by atoms with Crippen LogP contribution in [0.2, 0.25) is 0 Å². The summed E-state index contributed by atoms with van der Waals surface area (Å²) in [5, 5.41) is 4.90. The largest absolute Gasteiger partial charge is 0.356 e. The van der Waals surface area contributed by atoms with Crippen molar-refractivity contribution in [1.29, 1.82) is 0 Å². The SMILES string of the molecule is CCC(=O)NCCc1cc(Br)cs1. The van der Waals surface area contributed by atoms with Gasteiger partial charge in [-0.25, -0.2) is 0 Å². The number of thiophene rings is 1. The zero-order chi connectivity index (χ0) is 9.68. The van der Waals surface area contributed by atoms with Crippen molar-refractivity contribution < 1.29 is 4.79 Å². The van der Waals surface area contributed by atoms with E-state index in [1.807, 2.05) is 6.92 Å². The first-order valence-electron chi connectivity index (χ1n) is 4.22. The van der Waals surface area contributed by atoms with Crippen molar-refractivity contribution in [3.63, 3.8) is 0 Å². The lowest BCUT2D eigenvalue weighted by molar-refractivity contribution is -0.120. The molecule has 4 heteroatoms. The molecule has 1 N–H and O–H groups in total. The molecule has 0 aliphatic carbocycles. The second-order valence-electron chi connectivity index (χ2n) is 2.68. The Hall–Kier alpha value is -0.350. The molecule has 1 aromatic heterocycles. The second-order valence-corrected chi connectivity index (χ2v) is 4.60. The molecule has 1 rings (SSSR count). The standard InChI is InChI=1S/C9H12BrNOS/c1-2-9(12)11-4-3-8-5-7(10)6-13-8/h5-6H,2-4H2,1H3,(H,11,12). The van der Waals surface area contributed by atoms with E-state index in [4.69, 9.17) is 0 Å². The Kier molecular flexibility index (Phi) is 4.45. The zero-order valence-corrected chi connectivity index (χ0v) is 9.87. The van der Waals surface area contributed by atoms with Gasteiger partial charge in [0.05, 0.1) is 0 Å². The number of hydrogen-bond donors (Lipinski definition) is 1. The molecule has 1 amide bonds. The average Bonchev–Trinajstić information content (AvgIpc) is 2.51. The van der Waals surface area contributed by atoms with Crippen molar-refractivity contribution in [3.8, 4) is 0 Å². The molecular formula is C9H12BrNOS. The maximum absolute atomic E-state index is 10.9. The van der Waals surface area contributed by atoms with Gasteiger partial charge in [-0.05, 0) is 28.4 Å². The van der Waals surface area contributed by atoms with Crippen LogP contribution in [0.15, 0.2) is 15.9 Å². The molecule has 0 radical (unpaired) electrons. The minimum Gasteiger partial charge on any atom is -0.356 e. The molecule has 2 nitrogen and oxygen atoms in total. The second kappa shape index (κ2) is 5.40. The Balaban J connectivity index is 2.24. The van der Waals surface area contributed by atoms with E-state index in [-0.39, 0.29) is 5.91 Å². The number of halogens is 1. The Labute approximate surface area is 90.5 Å². The first-order valence-corrected chi connectivity index (χ1v) is 5.89. The topological polar surface area (TPSA) is 29.1 Å². The summed E-state index contributed by atoms with van der Waals surface area (Å²) < 4.78 is 1.12. The molecule has 13 heavy (non-hydrogen) atoms. The smallest absolute Gasteiger partial charge is 0.219 e. The Morgan fingerprint density at radius 2 is 2.46 bits per heavy atom. The van der Waals surface area contributed by atoms with E-state index in [0.717, 1.165) is 17.4 Å². The summed E-state index contributed by atoms with van der Waals surface area (Å²) in [5.74, 6) is 0.121. The molecule has 0 spiro atoms. The maximum atomic E-state index is 10.9. The fourth-order valence-corrected chi connectivity index (χ4v) is 2.39. The van der Waals surface area contributed by atoms with Crippen LogP contribution >= 0.6 is 27.3 Å². The van der Waals surface area contributed by atoms with Crippen LogP contribution in [0.4, 0.5) is 0 Å². The summed E-state index contributed by atoms with van der Waals surface area (Å²) in [4.78, 5) is 12.2. The van der Waals surface area contributed by atoms with Gasteiger partial charge in [0.1, 0.15) is 0 Å². The number of amides is 1. The highest BCUT2D eigenvalue weighted by Gasteiger charge is 1.99. The molecular weight excluding hydrogens is 250 g/mol. The third kappa shape index (κ3) is 3.91. The predicted molar refractivity (Wildman–Crippen MR) is 59.0 cm³/mol. The number of hydrogen-bond acceptors (Lipinski definition) is 2. The predicted octanol–water partition coefficient (Wildman–Crippen LogP) is 2.58. The zero-order valence-electron chi connectivity index (χ0n) is 7.47. The van der Waals surface area contributed by atoms with Crippen LogP contribution in [0.25, 0.3) is 0 Å². The Morgan fingerprint density at radius 3 is 3.00 bits per heavy atom. The molecule has 1 aromatic rings. The highest BCUT2D eigenvalue weighted by Crippen LogP contribution is 2.19. The molecule has 0 saturated heterocycles. The van der Waals surface area contributed by atoms with Gasteiger partial charge in [0, 0.05) is 27.7 Å². The van der Waals surface area contributed by atoms with E-state index >= 15 is 0 Å². The maximum Gasteiger partial charge on any atom is 0.219 e. The third-order valence-electron chi connectivity index (χ3n) is 1.64. The van der Waals surface area contributed by atoms with E-state index in [0.29, 0.717) is 6.42 Å². The highest BCUT2D eigenvalue weighted by molar-refractivity contribution is 9.10. The fourth-order valence-electron chi connectivity index (χ4n) is 0.935. The fraction of sp³-hybridized carbons (Fsp3) is 0.444. The molecule has 0 saturated carbocycles. The number of carbonyl (C=O) groups excluding carboxylic acids is 1. The van der Waals surface area contributed by atoms with Crippen molar-refractivity contribution in [2.75, 3.05) is 6.54 Å². The van der Waals surface area contributed by atoms with Gasteiger partial charge in [-0.3, -0.25) is 4.79 Å². The average molecular weight is 262 g/mol. The van der Waals surface area contributed by atoms with Gasteiger partial charge in [0.25, 0.3) is 0 Å². The number of rotatable bonds is 4. The van der Waals surface area contributed by atoms with Crippen molar-refractivity contribution >= 4 is 33.2 Å². The number of carbonyl (C=O) groups is 1. The molecule has 0 atom stereocenters. The monoisotopic (exact) mass is 261 g/mol. The van der Waals surface area contributed by atoms with Gasteiger partial charge >= 0.3 is 0 Å². The van der Waals surface area contributed by atoms with E-state index in [9.17, 15) is 4.79 Å². The summed E-state index contributed by atoms with van der Waals surface area (Å²) in [7, 11) is 0. The van der Waals surface area contributed by atoms with Gasteiger partial charge < -0.3 is 5.32 Å². The molecule has 0 fully saturated rings. The summed E-state index contributed by atoms with van der Waals surface area (Å²) in [5.41, 5.74) is 0. The van der Waals surface area contributed by atoms with Crippen molar-refractivity contribution in [1.82, 2.24) is 5.32 Å². The summed E-state index contributed by atoms with van der Waals surface area (Å²) in [6, 6.07) is 2.09. The molecule has 0 aliphatic heterocycles. The van der Waals surface area contributed by atoms with Gasteiger partial charge in [-0.2, -0.15) is 0 Å². The van der Waals surface area contributed by atoms with Crippen molar-refractivity contribution in [3.05, 3.63) is 20.8 Å². The minimum atomic E-state index is 0.121. The van der Waals surface area contributed by atoms with E-state index in [2.05, 4.69) is 32.7 Å². The van der Waals surface area contributed by atoms with E-state index < -0.39 is 0 Å². The normalized spacial score (nSPS) is 10.0. The van der Waals surface area contributed by atoms with Crippen LogP contribution in [0.5, 0.6) is 0 Å². The van der Waals surface area contributed by atoms with Crippen LogP contribution in [-0.4, -0.2) is 12.5 Å². The molecule has 0 unspecified atom stereocenters. The van der Waals surface area contributed by atoms with E-state index in [1.165, 1.54) is 4.88 Å². The Bertz CT molecular complexity index is 285. The van der Waals surface area contributed by atoms with Crippen LogP contribution < -0.4 is 5.32 Å². The molecule has 1 heterocycles. The van der Waals surface area contributed by atoms with Gasteiger partial charge in [-0.1, -0.05) is 6.92 Å². The lowest BCUT2D eigenvalue weighted by atomic mass is 10.3. The van der Waals surface area contributed by atoms with Crippen molar-refractivity contribution in [2.24, 2.45) is 0 Å². The van der Waals surface area contributed by atoms with Crippen LogP contribution in [0.1, 0.15) is 18.2 Å². The van der Waals surface area contributed by atoms with Crippen LogP contribution in [0.3, 0.4) is 0 Å². The molecule has 0 aliphatic rings. The first-order chi connectivity index (χ1) is 6.22. The summed E-state index contributed by atoms with van der Waals surface area (Å²) >= 11 is 5.10. The van der Waals surface area contributed by atoms with Gasteiger partial charge in [0.2, 0.25) is 5.91 Å². The van der Waals surface area contributed by atoms with Crippen molar-refractivity contribution in [2.45, 2.75) is 19.8 Å². The summed E-state index contributed by atoms with van der Waals surface area (Å²) in [6.07, 6.45) is 1.48. The third-order valence-corrected chi connectivity index (χ3v) is 3.39. The molecule has 0 bridgehead atoms. The minimum absolute atomic E-state index is 0.121. The lowest BCUT2D eigenvalue weighted by Gasteiger charge is -2.00. The first kappa shape index (κ1) is 10.7. The van der Waals surface area contributed by atoms with Gasteiger partial charge in [-0.15, -0.1) is 11.3 Å². The lowest BCUT2D eigenvalue weighted by Crippen LogP contribution is -2.24.